The predicted molar refractivity (Wildman–Crippen MR) is 85.7 cm³/mol. The van der Waals surface area contributed by atoms with Gasteiger partial charge in [-0.2, -0.15) is 13.2 Å². The van der Waals surface area contributed by atoms with Gasteiger partial charge in [0, 0.05) is 0 Å². The minimum atomic E-state index is -5.05. The Bertz CT molecular complexity index is 653. The molecular formula is C16H19F3N2O6. The number of hydrogen-bond donors (Lipinski definition) is 3. The molecule has 0 heterocycles. The highest BCUT2D eigenvalue weighted by atomic mass is 19.4. The summed E-state index contributed by atoms with van der Waals surface area (Å²) in [6.45, 7) is 1.26. The Hall–Kier alpha value is -2.82. The third-order valence-corrected chi connectivity index (χ3v) is 3.29. The standard InChI is InChI=1S/C16H19F3N2O6/c1-9(14(24)26-2)20-12(23)8-11(22)13(16(17,18)19)21-15(25)27-10-6-4-3-5-7-10/h3-7,9,11,13,22H,8H2,1-2H3,(H,20,23)(H,21,25)/t9-,11-,13+/m0/s1. The molecule has 0 unspecified atom stereocenters. The van der Waals surface area contributed by atoms with Crippen LogP contribution < -0.4 is 15.4 Å². The van der Waals surface area contributed by atoms with E-state index in [1.165, 1.54) is 36.5 Å². The lowest BCUT2D eigenvalue weighted by molar-refractivity contribution is -0.177. The number of ether oxygens (including phenoxy) is 2. The van der Waals surface area contributed by atoms with Crippen molar-refractivity contribution in [3.63, 3.8) is 0 Å². The Morgan fingerprint density at radius 2 is 1.74 bits per heavy atom. The van der Waals surface area contributed by atoms with Crippen molar-refractivity contribution >= 4 is 18.0 Å². The fourth-order valence-electron chi connectivity index (χ4n) is 1.99. The van der Waals surface area contributed by atoms with Gasteiger partial charge in [-0.1, -0.05) is 18.2 Å². The Morgan fingerprint density at radius 1 is 1.15 bits per heavy atom. The lowest BCUT2D eigenvalue weighted by atomic mass is 10.1. The van der Waals surface area contributed by atoms with Gasteiger partial charge in [-0.25, -0.2) is 9.59 Å². The summed E-state index contributed by atoms with van der Waals surface area (Å²) in [5, 5.41) is 13.3. The third kappa shape index (κ3) is 7.52. The van der Waals surface area contributed by atoms with Crippen molar-refractivity contribution in [1.82, 2.24) is 10.6 Å². The number of benzene rings is 1. The molecule has 1 aromatic rings. The van der Waals surface area contributed by atoms with Crippen LogP contribution in [0.2, 0.25) is 0 Å². The number of carbonyl (C=O) groups is 3. The summed E-state index contributed by atoms with van der Waals surface area (Å²) in [5.74, 6) is -1.85. The molecule has 2 amide bonds. The first-order valence-electron chi connectivity index (χ1n) is 7.70. The SMILES string of the molecule is COC(=O)[C@H](C)NC(=O)C[C@H](O)[C@@H](NC(=O)Oc1ccccc1)C(F)(F)F. The first kappa shape index (κ1) is 22.2. The van der Waals surface area contributed by atoms with Crippen LogP contribution >= 0.6 is 0 Å². The number of amides is 2. The van der Waals surface area contributed by atoms with Crippen LogP contribution in [-0.4, -0.2) is 54.5 Å². The molecule has 0 radical (unpaired) electrons. The van der Waals surface area contributed by atoms with Gasteiger partial charge in [0.25, 0.3) is 0 Å². The third-order valence-electron chi connectivity index (χ3n) is 3.29. The molecule has 0 saturated carbocycles. The summed E-state index contributed by atoms with van der Waals surface area (Å²) in [6, 6.07) is 3.45. The largest absolute Gasteiger partial charge is 0.467 e. The summed E-state index contributed by atoms with van der Waals surface area (Å²) in [4.78, 5) is 34.6. The Balaban J connectivity index is 2.71. The van der Waals surface area contributed by atoms with E-state index in [1.54, 1.807) is 6.07 Å². The molecule has 3 N–H and O–H groups in total. The van der Waals surface area contributed by atoms with Crippen LogP contribution in [0.25, 0.3) is 0 Å². The van der Waals surface area contributed by atoms with E-state index in [9.17, 15) is 32.7 Å². The van der Waals surface area contributed by atoms with E-state index in [4.69, 9.17) is 0 Å². The molecule has 8 nitrogen and oxygen atoms in total. The van der Waals surface area contributed by atoms with Gasteiger partial charge in [0.1, 0.15) is 11.8 Å². The Labute approximate surface area is 152 Å². The van der Waals surface area contributed by atoms with Crippen LogP contribution in [0, 0.1) is 0 Å². The van der Waals surface area contributed by atoms with E-state index in [0.717, 1.165) is 7.11 Å². The molecule has 0 aliphatic carbocycles. The summed E-state index contributed by atoms with van der Waals surface area (Å²) in [7, 11) is 1.07. The summed E-state index contributed by atoms with van der Waals surface area (Å²) < 4.78 is 48.4. The molecule has 150 valence electrons. The van der Waals surface area contributed by atoms with Gasteiger partial charge in [-0.05, 0) is 19.1 Å². The number of alkyl halides is 3. The van der Waals surface area contributed by atoms with Crippen molar-refractivity contribution in [1.29, 1.82) is 0 Å². The van der Waals surface area contributed by atoms with E-state index in [2.05, 4.69) is 14.8 Å². The highest BCUT2D eigenvalue weighted by Gasteiger charge is 2.46. The van der Waals surface area contributed by atoms with Gasteiger partial charge in [-0.3, -0.25) is 4.79 Å². The maximum atomic E-state index is 13.1. The molecule has 0 saturated heterocycles. The van der Waals surface area contributed by atoms with Crippen LogP contribution in [0.3, 0.4) is 0 Å². The first-order valence-corrected chi connectivity index (χ1v) is 7.70. The average molecular weight is 392 g/mol. The lowest BCUT2D eigenvalue weighted by Crippen LogP contribution is -2.54. The number of nitrogens with one attached hydrogen (secondary N) is 2. The minimum Gasteiger partial charge on any atom is -0.467 e. The number of esters is 1. The van der Waals surface area contributed by atoms with Gasteiger partial charge in [0.15, 0.2) is 6.04 Å². The average Bonchev–Trinajstić information content (AvgIpc) is 2.58. The molecular weight excluding hydrogens is 373 g/mol. The number of aliphatic hydroxyl groups excluding tert-OH is 1. The topological polar surface area (TPSA) is 114 Å². The molecule has 1 rings (SSSR count). The number of hydrogen-bond acceptors (Lipinski definition) is 6. The minimum absolute atomic E-state index is 0.00457. The molecule has 27 heavy (non-hydrogen) atoms. The second-order valence-electron chi connectivity index (χ2n) is 5.45. The van der Waals surface area contributed by atoms with Gasteiger partial charge in [0.05, 0.1) is 19.6 Å². The van der Waals surface area contributed by atoms with Crippen molar-refractivity contribution in [2.75, 3.05) is 7.11 Å². The molecule has 0 aliphatic heterocycles. The zero-order valence-corrected chi connectivity index (χ0v) is 14.4. The van der Waals surface area contributed by atoms with Crippen LogP contribution in [-0.2, 0) is 14.3 Å². The molecule has 3 atom stereocenters. The van der Waals surface area contributed by atoms with Crippen molar-refractivity contribution in [3.8, 4) is 5.75 Å². The van der Waals surface area contributed by atoms with Gasteiger partial charge in [0.2, 0.25) is 5.91 Å². The molecule has 1 aromatic carbocycles. The number of aliphatic hydroxyl groups is 1. The maximum absolute atomic E-state index is 13.1. The fraction of sp³-hybridized carbons (Fsp3) is 0.438. The number of methoxy groups -OCH3 is 1. The maximum Gasteiger partial charge on any atom is 0.413 e. The number of carbonyl (C=O) groups excluding carboxylic acids is 3. The molecule has 0 fully saturated rings. The second kappa shape index (κ2) is 9.76. The lowest BCUT2D eigenvalue weighted by Gasteiger charge is -2.26. The fourth-order valence-corrected chi connectivity index (χ4v) is 1.99. The summed E-state index contributed by atoms with van der Waals surface area (Å²) in [6.07, 6.45) is -9.83. The highest BCUT2D eigenvalue weighted by molar-refractivity contribution is 5.84. The van der Waals surface area contributed by atoms with Crippen molar-refractivity contribution in [2.45, 2.75) is 37.7 Å². The van der Waals surface area contributed by atoms with Crippen molar-refractivity contribution < 1.29 is 42.1 Å². The normalized spacial score (nSPS) is 14.4. The number of para-hydroxylation sites is 1. The first-order chi connectivity index (χ1) is 12.5. The van der Waals surface area contributed by atoms with E-state index in [-0.39, 0.29) is 5.75 Å². The zero-order chi connectivity index (χ0) is 20.6. The van der Waals surface area contributed by atoms with Crippen LogP contribution in [0.4, 0.5) is 18.0 Å². The van der Waals surface area contributed by atoms with Crippen molar-refractivity contribution in [2.24, 2.45) is 0 Å². The van der Waals surface area contributed by atoms with Crippen LogP contribution in [0.15, 0.2) is 30.3 Å². The predicted octanol–water partition coefficient (Wildman–Crippen LogP) is 1.13. The quantitative estimate of drug-likeness (QED) is 0.600. The molecule has 0 spiro atoms. The van der Waals surface area contributed by atoms with Crippen molar-refractivity contribution in [3.05, 3.63) is 30.3 Å². The molecule has 0 aliphatic rings. The van der Waals surface area contributed by atoms with Crippen LogP contribution in [0.5, 0.6) is 5.75 Å². The smallest absolute Gasteiger partial charge is 0.413 e. The molecule has 0 aromatic heterocycles. The van der Waals surface area contributed by atoms with Gasteiger partial charge in [-0.15, -0.1) is 0 Å². The monoisotopic (exact) mass is 392 g/mol. The summed E-state index contributed by atoms with van der Waals surface area (Å²) >= 11 is 0. The number of rotatable bonds is 7. The van der Waals surface area contributed by atoms with Gasteiger partial charge >= 0.3 is 18.2 Å². The van der Waals surface area contributed by atoms with E-state index < -0.39 is 48.8 Å². The van der Waals surface area contributed by atoms with E-state index >= 15 is 0 Å². The summed E-state index contributed by atoms with van der Waals surface area (Å²) in [5.41, 5.74) is 0. The highest BCUT2D eigenvalue weighted by Crippen LogP contribution is 2.24. The van der Waals surface area contributed by atoms with E-state index in [1.807, 2.05) is 0 Å². The Morgan fingerprint density at radius 3 is 2.26 bits per heavy atom. The molecule has 11 heteroatoms. The van der Waals surface area contributed by atoms with Gasteiger partial charge < -0.3 is 25.2 Å². The number of halogens is 3. The van der Waals surface area contributed by atoms with Crippen LogP contribution in [0.1, 0.15) is 13.3 Å². The Kier molecular flexibility index (Phi) is 8.03. The van der Waals surface area contributed by atoms with E-state index in [0.29, 0.717) is 0 Å². The zero-order valence-electron chi connectivity index (χ0n) is 14.4. The molecule has 0 bridgehead atoms. The second-order valence-corrected chi connectivity index (χ2v) is 5.45.